The van der Waals surface area contributed by atoms with Gasteiger partial charge in [-0.05, 0) is 26.0 Å². The van der Waals surface area contributed by atoms with Gasteiger partial charge >= 0.3 is 0 Å². The van der Waals surface area contributed by atoms with E-state index in [0.29, 0.717) is 5.82 Å². The van der Waals surface area contributed by atoms with Crippen molar-refractivity contribution in [3.8, 4) is 0 Å². The van der Waals surface area contributed by atoms with E-state index in [-0.39, 0.29) is 0 Å². The third-order valence-electron chi connectivity index (χ3n) is 2.52. The molecule has 1 unspecified atom stereocenters. The number of rotatable bonds is 3. The summed E-state index contributed by atoms with van der Waals surface area (Å²) >= 11 is 0. The van der Waals surface area contributed by atoms with Crippen molar-refractivity contribution >= 4 is 22.8 Å². The summed E-state index contributed by atoms with van der Waals surface area (Å²) in [5, 5.41) is 2.95. The summed E-state index contributed by atoms with van der Waals surface area (Å²) in [6, 6.07) is 7.12. The van der Waals surface area contributed by atoms with Crippen LogP contribution in [-0.4, -0.2) is 21.9 Å². The molecule has 5 heteroatoms. The zero-order valence-corrected chi connectivity index (χ0v) is 9.77. The number of nitrogens with two attached hydrogens (primary N) is 1. The van der Waals surface area contributed by atoms with Crippen LogP contribution in [0.1, 0.15) is 12.6 Å². The summed E-state index contributed by atoms with van der Waals surface area (Å²) in [4.78, 5) is 19.8. The predicted octanol–water partition coefficient (Wildman–Crippen LogP) is 1.22. The average Bonchev–Trinajstić information content (AvgIpc) is 2.29. The molecule has 3 N–H and O–H groups in total. The Kier molecular flexibility index (Phi) is 2.91. The molecular weight excluding hydrogens is 216 g/mol. The first kappa shape index (κ1) is 11.3. The summed E-state index contributed by atoms with van der Waals surface area (Å²) in [5.41, 5.74) is 7.57. The zero-order valence-electron chi connectivity index (χ0n) is 9.77. The highest BCUT2D eigenvalue weighted by atomic mass is 16.1. The molecule has 0 saturated heterocycles. The molecule has 0 aliphatic heterocycles. The van der Waals surface area contributed by atoms with Crippen LogP contribution in [0, 0.1) is 6.92 Å². The van der Waals surface area contributed by atoms with Gasteiger partial charge in [-0.2, -0.15) is 0 Å². The number of aryl methyl sites for hydroxylation is 1. The smallest absolute Gasteiger partial charge is 0.239 e. The fourth-order valence-electron chi connectivity index (χ4n) is 1.50. The summed E-state index contributed by atoms with van der Waals surface area (Å²) in [7, 11) is 0. The SMILES string of the molecule is Cc1nc2ccccc2nc1NC(C)C(N)=O. The second kappa shape index (κ2) is 4.37. The van der Waals surface area contributed by atoms with Crippen molar-refractivity contribution in [3.63, 3.8) is 0 Å². The fourth-order valence-corrected chi connectivity index (χ4v) is 1.50. The minimum absolute atomic E-state index is 0.417. The first-order valence-electron chi connectivity index (χ1n) is 5.37. The molecule has 0 bridgehead atoms. The van der Waals surface area contributed by atoms with E-state index in [1.807, 2.05) is 31.2 Å². The topological polar surface area (TPSA) is 80.9 Å². The van der Waals surface area contributed by atoms with Gasteiger partial charge in [0.25, 0.3) is 0 Å². The van der Waals surface area contributed by atoms with Gasteiger partial charge in [0, 0.05) is 0 Å². The van der Waals surface area contributed by atoms with Gasteiger partial charge in [-0.1, -0.05) is 12.1 Å². The molecule has 0 fully saturated rings. The number of hydrogen-bond acceptors (Lipinski definition) is 4. The number of anilines is 1. The van der Waals surface area contributed by atoms with Gasteiger partial charge in [0.1, 0.15) is 11.9 Å². The molecule has 2 rings (SSSR count). The number of amides is 1. The van der Waals surface area contributed by atoms with Gasteiger partial charge in [-0.15, -0.1) is 0 Å². The molecule has 1 heterocycles. The van der Waals surface area contributed by atoms with Crippen molar-refractivity contribution in [2.45, 2.75) is 19.9 Å². The Hall–Kier alpha value is -2.17. The van der Waals surface area contributed by atoms with Crippen molar-refractivity contribution in [1.29, 1.82) is 0 Å². The zero-order chi connectivity index (χ0) is 12.4. The average molecular weight is 230 g/mol. The van der Waals surface area contributed by atoms with Crippen molar-refractivity contribution in [1.82, 2.24) is 9.97 Å². The lowest BCUT2D eigenvalue weighted by molar-refractivity contribution is -0.118. The minimum atomic E-state index is -0.468. The third kappa shape index (κ3) is 2.33. The lowest BCUT2D eigenvalue weighted by Gasteiger charge is -2.13. The van der Waals surface area contributed by atoms with Crippen LogP contribution in [-0.2, 0) is 4.79 Å². The molecule has 88 valence electrons. The molecular formula is C12H14N4O. The second-order valence-electron chi connectivity index (χ2n) is 3.91. The van der Waals surface area contributed by atoms with Gasteiger partial charge < -0.3 is 11.1 Å². The first-order chi connectivity index (χ1) is 8.08. The van der Waals surface area contributed by atoms with Crippen molar-refractivity contribution < 1.29 is 4.79 Å². The van der Waals surface area contributed by atoms with Crippen molar-refractivity contribution in [2.75, 3.05) is 5.32 Å². The molecule has 2 aromatic rings. The monoisotopic (exact) mass is 230 g/mol. The molecule has 5 nitrogen and oxygen atoms in total. The Bertz CT molecular complexity index is 567. The number of aromatic nitrogens is 2. The molecule has 0 aliphatic rings. The molecule has 1 aromatic carbocycles. The van der Waals surface area contributed by atoms with Crippen LogP contribution in [0.2, 0.25) is 0 Å². The van der Waals surface area contributed by atoms with E-state index < -0.39 is 11.9 Å². The Morgan fingerprint density at radius 2 is 1.88 bits per heavy atom. The summed E-state index contributed by atoms with van der Waals surface area (Å²) in [6.07, 6.45) is 0. The van der Waals surface area contributed by atoms with E-state index in [1.165, 1.54) is 0 Å². The predicted molar refractivity (Wildman–Crippen MR) is 66.6 cm³/mol. The first-order valence-corrected chi connectivity index (χ1v) is 5.37. The third-order valence-corrected chi connectivity index (χ3v) is 2.52. The van der Waals surface area contributed by atoms with E-state index in [0.717, 1.165) is 16.7 Å². The van der Waals surface area contributed by atoms with Gasteiger partial charge in [0.05, 0.1) is 16.7 Å². The Morgan fingerprint density at radius 1 is 1.29 bits per heavy atom. The number of nitrogens with zero attached hydrogens (tertiary/aromatic N) is 2. The number of para-hydroxylation sites is 2. The van der Waals surface area contributed by atoms with E-state index in [1.54, 1.807) is 6.92 Å². The summed E-state index contributed by atoms with van der Waals surface area (Å²) < 4.78 is 0. The van der Waals surface area contributed by atoms with E-state index in [2.05, 4.69) is 15.3 Å². The van der Waals surface area contributed by atoms with Crippen LogP contribution in [0.5, 0.6) is 0 Å². The second-order valence-corrected chi connectivity index (χ2v) is 3.91. The largest absolute Gasteiger partial charge is 0.368 e. The summed E-state index contributed by atoms with van der Waals surface area (Å²) in [5.74, 6) is 0.175. The maximum absolute atomic E-state index is 11.0. The number of fused-ring (bicyclic) bond motifs is 1. The van der Waals surface area contributed by atoms with Crippen LogP contribution < -0.4 is 11.1 Å². The van der Waals surface area contributed by atoms with Crippen LogP contribution >= 0.6 is 0 Å². The molecule has 1 amide bonds. The van der Waals surface area contributed by atoms with Crippen molar-refractivity contribution in [3.05, 3.63) is 30.0 Å². The molecule has 0 saturated carbocycles. The standard InChI is InChI=1S/C12H14N4O/c1-7(11(13)17)15-12-8(2)14-9-5-3-4-6-10(9)16-12/h3-7H,1-2H3,(H2,13,17)(H,15,16). The fraction of sp³-hybridized carbons (Fsp3) is 0.250. The highest BCUT2D eigenvalue weighted by Gasteiger charge is 2.11. The number of nitrogens with one attached hydrogen (secondary N) is 1. The Labute approximate surface area is 99.1 Å². The normalized spacial score (nSPS) is 12.4. The highest BCUT2D eigenvalue weighted by Crippen LogP contribution is 2.16. The van der Waals surface area contributed by atoms with Gasteiger partial charge in [0.15, 0.2) is 0 Å². The maximum Gasteiger partial charge on any atom is 0.239 e. The van der Waals surface area contributed by atoms with Crippen LogP contribution in [0.4, 0.5) is 5.82 Å². The molecule has 1 atom stereocenters. The maximum atomic E-state index is 11.0. The van der Waals surface area contributed by atoms with E-state index >= 15 is 0 Å². The quantitative estimate of drug-likeness (QED) is 0.830. The van der Waals surface area contributed by atoms with Gasteiger partial charge in [-0.3, -0.25) is 4.79 Å². The Morgan fingerprint density at radius 3 is 2.47 bits per heavy atom. The molecule has 0 radical (unpaired) electrons. The van der Waals surface area contributed by atoms with E-state index in [4.69, 9.17) is 5.73 Å². The number of carbonyl (C=O) groups is 1. The Balaban J connectivity index is 2.40. The number of hydrogen-bond donors (Lipinski definition) is 2. The summed E-state index contributed by atoms with van der Waals surface area (Å²) in [6.45, 7) is 3.54. The molecule has 1 aromatic heterocycles. The lowest BCUT2D eigenvalue weighted by Crippen LogP contribution is -2.33. The van der Waals surface area contributed by atoms with Crippen LogP contribution in [0.25, 0.3) is 11.0 Å². The van der Waals surface area contributed by atoms with Gasteiger partial charge in [-0.25, -0.2) is 9.97 Å². The lowest BCUT2D eigenvalue weighted by atomic mass is 10.2. The van der Waals surface area contributed by atoms with Crippen LogP contribution in [0.3, 0.4) is 0 Å². The molecule has 17 heavy (non-hydrogen) atoms. The number of carbonyl (C=O) groups excluding carboxylic acids is 1. The van der Waals surface area contributed by atoms with Gasteiger partial charge in [0.2, 0.25) is 5.91 Å². The molecule has 0 spiro atoms. The highest BCUT2D eigenvalue weighted by molar-refractivity contribution is 5.83. The van der Waals surface area contributed by atoms with Crippen molar-refractivity contribution in [2.24, 2.45) is 5.73 Å². The minimum Gasteiger partial charge on any atom is -0.368 e. The number of primary amides is 1. The van der Waals surface area contributed by atoms with Crippen LogP contribution in [0.15, 0.2) is 24.3 Å². The number of benzene rings is 1. The molecule has 0 aliphatic carbocycles. The van der Waals surface area contributed by atoms with E-state index in [9.17, 15) is 4.79 Å².